The molecule has 1 aromatic heterocycles. The van der Waals surface area contributed by atoms with E-state index in [1.807, 2.05) is 29.2 Å². The van der Waals surface area contributed by atoms with Crippen LogP contribution in [0.1, 0.15) is 25.2 Å². The van der Waals surface area contributed by atoms with Crippen molar-refractivity contribution in [2.24, 2.45) is 0 Å². The third kappa shape index (κ3) is 3.61. The molecule has 1 fully saturated rings. The minimum absolute atomic E-state index is 0.182. The zero-order chi connectivity index (χ0) is 14.7. The summed E-state index contributed by atoms with van der Waals surface area (Å²) >= 11 is 2.25. The lowest BCUT2D eigenvalue weighted by atomic mass is 10.2. The van der Waals surface area contributed by atoms with Gasteiger partial charge in [0, 0.05) is 35.1 Å². The number of halogens is 1. The number of aryl methyl sites for hydroxylation is 1. The number of hydrogen-bond donors (Lipinski definition) is 0. The van der Waals surface area contributed by atoms with Crippen LogP contribution in [-0.2, 0) is 11.2 Å². The van der Waals surface area contributed by atoms with E-state index in [0.717, 1.165) is 35.1 Å². The molecule has 1 aromatic carbocycles. The molecule has 1 saturated heterocycles. The van der Waals surface area contributed by atoms with Gasteiger partial charge in [-0.05, 0) is 47.6 Å². The van der Waals surface area contributed by atoms with E-state index in [4.69, 9.17) is 4.52 Å². The summed E-state index contributed by atoms with van der Waals surface area (Å²) in [5, 5.41) is 3.98. The summed E-state index contributed by atoms with van der Waals surface area (Å²) in [6, 6.07) is 7.93. The average molecular weight is 397 g/mol. The Morgan fingerprint density at radius 2 is 1.95 bits per heavy atom. The summed E-state index contributed by atoms with van der Waals surface area (Å²) < 4.78 is 6.39. The molecule has 6 heteroatoms. The number of hydrogen-bond acceptors (Lipinski definition) is 4. The summed E-state index contributed by atoms with van der Waals surface area (Å²) in [7, 11) is 0. The quantitative estimate of drug-likeness (QED) is 0.745. The van der Waals surface area contributed by atoms with Gasteiger partial charge in [-0.15, -0.1) is 0 Å². The molecule has 0 bridgehead atoms. The highest BCUT2D eigenvalue weighted by atomic mass is 127. The van der Waals surface area contributed by atoms with E-state index in [-0.39, 0.29) is 5.91 Å². The largest absolute Gasteiger partial charge is 0.343 e. The first-order valence-corrected chi connectivity index (χ1v) is 8.16. The van der Waals surface area contributed by atoms with Crippen molar-refractivity contribution in [2.75, 3.05) is 13.1 Å². The number of rotatable bonds is 4. The van der Waals surface area contributed by atoms with Crippen LogP contribution in [0.15, 0.2) is 28.8 Å². The van der Waals surface area contributed by atoms with Crippen LogP contribution >= 0.6 is 22.6 Å². The topological polar surface area (TPSA) is 59.2 Å². The molecule has 0 aliphatic carbocycles. The fourth-order valence-electron chi connectivity index (χ4n) is 2.41. The molecule has 5 nitrogen and oxygen atoms in total. The van der Waals surface area contributed by atoms with Crippen molar-refractivity contribution in [3.8, 4) is 11.4 Å². The maximum absolute atomic E-state index is 12.0. The van der Waals surface area contributed by atoms with Crippen LogP contribution < -0.4 is 0 Å². The van der Waals surface area contributed by atoms with E-state index in [1.54, 1.807) is 0 Å². The number of benzene rings is 1. The van der Waals surface area contributed by atoms with Gasteiger partial charge in [-0.3, -0.25) is 4.79 Å². The molecular weight excluding hydrogens is 381 g/mol. The van der Waals surface area contributed by atoms with Crippen LogP contribution in [0.2, 0.25) is 0 Å². The van der Waals surface area contributed by atoms with Crippen molar-refractivity contribution in [3.63, 3.8) is 0 Å². The lowest BCUT2D eigenvalue weighted by molar-refractivity contribution is -0.130. The molecule has 110 valence electrons. The maximum Gasteiger partial charge on any atom is 0.227 e. The number of carbonyl (C=O) groups is 1. The van der Waals surface area contributed by atoms with Gasteiger partial charge >= 0.3 is 0 Å². The van der Waals surface area contributed by atoms with Gasteiger partial charge in [0.1, 0.15) is 0 Å². The van der Waals surface area contributed by atoms with Gasteiger partial charge in [-0.2, -0.15) is 4.98 Å². The van der Waals surface area contributed by atoms with E-state index < -0.39 is 0 Å². The van der Waals surface area contributed by atoms with Gasteiger partial charge in [-0.1, -0.05) is 17.3 Å². The summed E-state index contributed by atoms with van der Waals surface area (Å²) in [4.78, 5) is 18.2. The Hall–Kier alpha value is -1.44. The van der Waals surface area contributed by atoms with Gasteiger partial charge in [0.15, 0.2) is 0 Å². The first kappa shape index (κ1) is 14.5. The van der Waals surface area contributed by atoms with Gasteiger partial charge in [0.25, 0.3) is 0 Å². The van der Waals surface area contributed by atoms with Gasteiger partial charge in [0.2, 0.25) is 17.6 Å². The molecule has 21 heavy (non-hydrogen) atoms. The van der Waals surface area contributed by atoms with E-state index in [0.29, 0.717) is 24.6 Å². The van der Waals surface area contributed by atoms with Crippen molar-refractivity contribution in [2.45, 2.75) is 25.7 Å². The van der Waals surface area contributed by atoms with Crippen molar-refractivity contribution < 1.29 is 9.32 Å². The monoisotopic (exact) mass is 397 g/mol. The first-order chi connectivity index (χ1) is 10.2. The van der Waals surface area contributed by atoms with Gasteiger partial charge in [-0.25, -0.2) is 0 Å². The van der Waals surface area contributed by atoms with E-state index in [2.05, 4.69) is 32.7 Å². The SMILES string of the molecule is O=C(CCc1nc(-c2ccc(I)cc2)no1)N1CCCC1. The van der Waals surface area contributed by atoms with Gasteiger partial charge in [0.05, 0.1) is 0 Å². The Balaban J connectivity index is 1.60. The summed E-state index contributed by atoms with van der Waals surface area (Å²) in [6.45, 7) is 1.77. The molecule has 0 radical (unpaired) electrons. The van der Waals surface area contributed by atoms with Crippen molar-refractivity contribution >= 4 is 28.5 Å². The van der Waals surface area contributed by atoms with Crippen molar-refractivity contribution in [3.05, 3.63) is 33.7 Å². The molecule has 1 aliphatic rings. The number of carbonyl (C=O) groups excluding carboxylic acids is 1. The minimum Gasteiger partial charge on any atom is -0.343 e. The highest BCUT2D eigenvalue weighted by Crippen LogP contribution is 2.18. The fraction of sp³-hybridized carbons (Fsp3) is 0.400. The van der Waals surface area contributed by atoms with Crippen LogP contribution in [0.25, 0.3) is 11.4 Å². The highest BCUT2D eigenvalue weighted by Gasteiger charge is 2.18. The lowest BCUT2D eigenvalue weighted by Crippen LogP contribution is -2.27. The summed E-state index contributed by atoms with van der Waals surface area (Å²) in [5.41, 5.74) is 0.927. The highest BCUT2D eigenvalue weighted by molar-refractivity contribution is 14.1. The average Bonchev–Trinajstić information content (AvgIpc) is 3.17. The van der Waals surface area contributed by atoms with Crippen LogP contribution in [0, 0.1) is 3.57 Å². The number of amides is 1. The predicted molar refractivity (Wildman–Crippen MR) is 86.6 cm³/mol. The maximum atomic E-state index is 12.0. The third-order valence-electron chi connectivity index (χ3n) is 3.58. The Morgan fingerprint density at radius 1 is 1.24 bits per heavy atom. The van der Waals surface area contributed by atoms with Crippen molar-refractivity contribution in [1.82, 2.24) is 15.0 Å². The Kier molecular flexibility index (Phi) is 4.52. The van der Waals surface area contributed by atoms with Crippen LogP contribution in [0.4, 0.5) is 0 Å². The van der Waals surface area contributed by atoms with Crippen LogP contribution in [-0.4, -0.2) is 34.0 Å². The molecule has 0 saturated carbocycles. The molecule has 1 amide bonds. The van der Waals surface area contributed by atoms with E-state index >= 15 is 0 Å². The molecule has 0 unspecified atom stereocenters. The van der Waals surface area contributed by atoms with Crippen LogP contribution in [0.5, 0.6) is 0 Å². The second kappa shape index (κ2) is 6.55. The minimum atomic E-state index is 0.182. The molecular formula is C15H16IN3O2. The number of aromatic nitrogens is 2. The molecule has 0 N–H and O–H groups in total. The molecule has 3 rings (SSSR count). The third-order valence-corrected chi connectivity index (χ3v) is 4.30. The van der Waals surface area contributed by atoms with Crippen molar-refractivity contribution in [1.29, 1.82) is 0 Å². The fourth-order valence-corrected chi connectivity index (χ4v) is 2.77. The first-order valence-electron chi connectivity index (χ1n) is 7.09. The standard InChI is InChI=1S/C15H16IN3O2/c16-12-5-3-11(4-6-12)15-17-13(21-18-15)7-8-14(20)19-9-1-2-10-19/h3-6H,1-2,7-10H2. The van der Waals surface area contributed by atoms with E-state index in [1.165, 1.54) is 0 Å². The zero-order valence-electron chi connectivity index (χ0n) is 11.6. The summed E-state index contributed by atoms with van der Waals surface area (Å²) in [5.74, 6) is 1.28. The smallest absolute Gasteiger partial charge is 0.227 e. The van der Waals surface area contributed by atoms with Crippen LogP contribution in [0.3, 0.4) is 0 Å². The second-order valence-corrected chi connectivity index (χ2v) is 6.35. The normalized spacial score (nSPS) is 14.6. The lowest BCUT2D eigenvalue weighted by Gasteiger charge is -2.13. The van der Waals surface area contributed by atoms with Gasteiger partial charge < -0.3 is 9.42 Å². The second-order valence-electron chi connectivity index (χ2n) is 5.11. The predicted octanol–water partition coefficient (Wildman–Crippen LogP) is 2.90. The number of nitrogens with zero attached hydrogens (tertiary/aromatic N) is 3. The molecule has 2 heterocycles. The molecule has 1 aliphatic heterocycles. The Bertz CT molecular complexity index is 618. The summed E-state index contributed by atoms with van der Waals surface area (Å²) in [6.07, 6.45) is 3.17. The Morgan fingerprint density at radius 3 is 2.67 bits per heavy atom. The Labute approximate surface area is 136 Å². The molecule has 0 atom stereocenters. The van der Waals surface area contributed by atoms with E-state index in [9.17, 15) is 4.79 Å². The zero-order valence-corrected chi connectivity index (χ0v) is 13.7. The molecule has 2 aromatic rings. The molecule has 0 spiro atoms. The number of likely N-dealkylation sites (tertiary alicyclic amines) is 1.